The summed E-state index contributed by atoms with van der Waals surface area (Å²) >= 11 is 0. The fourth-order valence-corrected chi connectivity index (χ4v) is 18.0. The Balaban J connectivity index is 1.02. The molecule has 0 N–H and O–H groups in total. The lowest BCUT2D eigenvalue weighted by Gasteiger charge is -2.57. The number of para-hydroxylation sites is 3. The maximum atomic E-state index is 5.67. The minimum absolute atomic E-state index is 0.656. The molecule has 4 fully saturated rings. The van der Waals surface area contributed by atoms with Crippen LogP contribution in [0.2, 0.25) is 0 Å². The van der Waals surface area contributed by atoms with E-state index in [0.717, 1.165) is 51.1 Å². The molecule has 15 rings (SSSR count). The minimum Gasteiger partial charge on any atom is -0.366 e. The standard InChI is InChI=1S/C61H49N5Si/c1-4-18-47(19-5-1)67(48-20-6-2-7-21-48,49-22-8-3-9-23-49)50-24-16-17-43(38-50)61-62-59(65-55-28-13-10-25-51(55)52-26-11-14-29-56(52)65)40-60(63-61)66-57-30-15-12-27-53(57)54-39-44(31-32-58(54)66)64-45-34-41-33-42(36-45)37-46(64)35-41/h1-32,38-42,45-46H,33-37H2. The van der Waals surface area contributed by atoms with Crippen LogP contribution in [0.3, 0.4) is 0 Å². The second-order valence-electron chi connectivity index (χ2n) is 19.4. The molecule has 0 radical (unpaired) electrons. The summed E-state index contributed by atoms with van der Waals surface area (Å²) in [4.78, 5) is 14.1. The Kier molecular flexibility index (Phi) is 8.81. The number of hydrogen-bond acceptors (Lipinski definition) is 3. The first kappa shape index (κ1) is 38.7. The van der Waals surface area contributed by atoms with E-state index in [9.17, 15) is 0 Å². The Morgan fingerprint density at radius 3 is 1.30 bits per heavy atom. The number of fused-ring (bicyclic) bond motifs is 6. The quantitative estimate of drug-likeness (QED) is 0.113. The molecule has 0 amide bonds. The van der Waals surface area contributed by atoms with Crippen molar-refractivity contribution < 1.29 is 0 Å². The summed E-state index contributed by atoms with van der Waals surface area (Å²) in [5, 5.41) is 10.2. The molecular weight excluding hydrogens is 831 g/mol. The Morgan fingerprint density at radius 1 is 0.358 bits per heavy atom. The zero-order valence-corrected chi connectivity index (χ0v) is 38.3. The second kappa shape index (κ2) is 15.3. The fourth-order valence-electron chi connectivity index (χ4n) is 13.2. The smallest absolute Gasteiger partial charge is 0.179 e. The monoisotopic (exact) mass is 879 g/mol. The summed E-state index contributed by atoms with van der Waals surface area (Å²) in [6, 6.07) is 79.7. The van der Waals surface area contributed by atoms with Crippen molar-refractivity contribution in [1.82, 2.24) is 19.1 Å². The lowest BCUT2D eigenvalue weighted by molar-refractivity contribution is 0.0900. The highest BCUT2D eigenvalue weighted by Gasteiger charge is 2.47. The molecule has 4 aliphatic rings. The molecule has 2 aliphatic heterocycles. The van der Waals surface area contributed by atoms with Crippen LogP contribution in [0, 0.1) is 11.8 Å². The molecule has 2 saturated carbocycles. The molecule has 3 aromatic heterocycles. The summed E-state index contributed by atoms with van der Waals surface area (Å²) in [5.41, 5.74) is 6.90. The topological polar surface area (TPSA) is 38.9 Å². The van der Waals surface area contributed by atoms with Gasteiger partial charge in [0.05, 0.1) is 22.1 Å². The third kappa shape index (κ3) is 5.98. The summed E-state index contributed by atoms with van der Waals surface area (Å²) < 4.78 is 4.73. The Labute approximate surface area is 391 Å². The van der Waals surface area contributed by atoms with E-state index < -0.39 is 8.07 Å². The second-order valence-corrected chi connectivity index (χ2v) is 23.2. The van der Waals surface area contributed by atoms with E-state index in [4.69, 9.17) is 9.97 Å². The summed E-state index contributed by atoms with van der Waals surface area (Å²) in [7, 11) is -2.84. The highest BCUT2D eigenvalue weighted by Crippen LogP contribution is 2.51. The Hall–Kier alpha value is -7.54. The van der Waals surface area contributed by atoms with Crippen LogP contribution in [-0.2, 0) is 0 Å². The average molecular weight is 880 g/mol. The van der Waals surface area contributed by atoms with Crippen molar-refractivity contribution in [3.05, 3.63) is 212 Å². The average Bonchev–Trinajstić information content (AvgIpc) is 3.90. The van der Waals surface area contributed by atoms with Gasteiger partial charge >= 0.3 is 0 Å². The van der Waals surface area contributed by atoms with E-state index in [1.807, 2.05) is 0 Å². The maximum absolute atomic E-state index is 5.67. The third-order valence-corrected chi connectivity index (χ3v) is 20.5. The van der Waals surface area contributed by atoms with Gasteiger partial charge in [-0.1, -0.05) is 170 Å². The first-order chi connectivity index (χ1) is 33.2. The molecule has 6 heteroatoms. The molecule has 5 nitrogen and oxygen atoms in total. The van der Waals surface area contributed by atoms with Crippen molar-refractivity contribution in [1.29, 1.82) is 0 Å². The van der Waals surface area contributed by atoms with Crippen molar-refractivity contribution in [2.45, 2.75) is 44.2 Å². The molecular formula is C61H49N5Si. The molecule has 0 unspecified atom stereocenters. The Bertz CT molecular complexity index is 3490. The van der Waals surface area contributed by atoms with E-state index in [1.165, 1.54) is 80.1 Å². The maximum Gasteiger partial charge on any atom is 0.179 e. The number of piperidine rings is 2. The summed E-state index contributed by atoms with van der Waals surface area (Å²) in [6.45, 7) is 0. The van der Waals surface area contributed by atoms with Crippen LogP contribution >= 0.6 is 0 Å². The van der Waals surface area contributed by atoms with Crippen LogP contribution in [0.4, 0.5) is 5.69 Å². The Morgan fingerprint density at radius 2 is 0.791 bits per heavy atom. The lowest BCUT2D eigenvalue weighted by atomic mass is 9.63. The number of nitrogens with zero attached hydrogens (tertiary/aromatic N) is 5. The fraction of sp³-hybridized carbons (Fsp3) is 0.148. The highest BCUT2D eigenvalue weighted by molar-refractivity contribution is 7.19. The van der Waals surface area contributed by atoms with Gasteiger partial charge in [-0.25, -0.2) is 9.97 Å². The molecule has 8 aromatic carbocycles. The van der Waals surface area contributed by atoms with E-state index in [-0.39, 0.29) is 0 Å². The van der Waals surface area contributed by atoms with E-state index >= 15 is 0 Å². The first-order valence-corrected chi connectivity index (χ1v) is 26.2. The van der Waals surface area contributed by atoms with Crippen LogP contribution < -0.4 is 25.6 Å². The van der Waals surface area contributed by atoms with Gasteiger partial charge in [-0.05, 0) is 101 Å². The molecule has 0 spiro atoms. The number of hydrogen-bond donors (Lipinski definition) is 0. The van der Waals surface area contributed by atoms with Crippen LogP contribution in [0.5, 0.6) is 0 Å². The van der Waals surface area contributed by atoms with Gasteiger partial charge in [0.1, 0.15) is 11.6 Å². The van der Waals surface area contributed by atoms with Crippen LogP contribution in [0.25, 0.3) is 66.6 Å². The molecule has 0 atom stereocenters. The third-order valence-electron chi connectivity index (χ3n) is 15.7. The first-order valence-electron chi connectivity index (χ1n) is 24.2. The predicted molar refractivity (Wildman–Crippen MR) is 280 cm³/mol. The van der Waals surface area contributed by atoms with E-state index in [0.29, 0.717) is 17.9 Å². The van der Waals surface area contributed by atoms with Crippen molar-refractivity contribution in [2.24, 2.45) is 11.8 Å². The van der Waals surface area contributed by atoms with Crippen LogP contribution in [0.1, 0.15) is 32.1 Å². The van der Waals surface area contributed by atoms with Crippen LogP contribution in [0.15, 0.2) is 212 Å². The van der Waals surface area contributed by atoms with Crippen molar-refractivity contribution in [2.75, 3.05) is 4.90 Å². The molecule has 11 aromatic rings. The van der Waals surface area contributed by atoms with Gasteiger partial charge in [-0.3, -0.25) is 9.13 Å². The molecule has 67 heavy (non-hydrogen) atoms. The number of anilines is 1. The molecule has 2 aliphatic carbocycles. The summed E-state index contributed by atoms with van der Waals surface area (Å²) in [6.07, 6.45) is 6.82. The molecule has 2 saturated heterocycles. The molecule has 322 valence electrons. The van der Waals surface area contributed by atoms with E-state index in [1.54, 1.807) is 0 Å². The van der Waals surface area contributed by atoms with Crippen LogP contribution in [-0.4, -0.2) is 39.3 Å². The van der Waals surface area contributed by atoms with Gasteiger partial charge in [-0.2, -0.15) is 0 Å². The van der Waals surface area contributed by atoms with Crippen molar-refractivity contribution in [3.63, 3.8) is 0 Å². The normalized spacial score (nSPS) is 19.0. The number of rotatable bonds is 8. The number of aromatic nitrogens is 4. The molecule has 5 heterocycles. The molecule has 4 bridgehead atoms. The minimum atomic E-state index is -2.84. The summed E-state index contributed by atoms with van der Waals surface area (Å²) in [5.74, 6) is 4.20. The van der Waals surface area contributed by atoms with Crippen molar-refractivity contribution in [3.8, 4) is 23.0 Å². The van der Waals surface area contributed by atoms with Gasteiger partial charge in [-0.15, -0.1) is 0 Å². The van der Waals surface area contributed by atoms with Gasteiger partial charge in [0.15, 0.2) is 13.9 Å². The highest BCUT2D eigenvalue weighted by atomic mass is 28.3. The van der Waals surface area contributed by atoms with Gasteiger partial charge in [0.25, 0.3) is 0 Å². The zero-order chi connectivity index (χ0) is 44.1. The lowest BCUT2D eigenvalue weighted by Crippen LogP contribution is -2.74. The van der Waals surface area contributed by atoms with E-state index in [2.05, 4.69) is 226 Å². The predicted octanol–water partition coefficient (Wildman–Crippen LogP) is 11.5. The van der Waals surface area contributed by atoms with Gasteiger partial charge < -0.3 is 4.90 Å². The van der Waals surface area contributed by atoms with Crippen molar-refractivity contribution >= 4 is 78.1 Å². The number of benzene rings is 8. The van der Waals surface area contributed by atoms with Gasteiger partial charge in [0, 0.05) is 50.9 Å². The largest absolute Gasteiger partial charge is 0.366 e. The SMILES string of the molecule is c1ccc([Si](c2ccccc2)(c2ccccc2)c2cccc(-c3nc(-n4c5ccccc5c5ccccc54)cc(-n4c5ccccc5c5cc(N6C7CC8CC(C7)CC6C8)ccc54)n3)c2)cc1. The van der Waals surface area contributed by atoms with Gasteiger partial charge in [0.2, 0.25) is 0 Å². The zero-order valence-electron chi connectivity index (χ0n) is 37.3.